The molecule has 0 radical (unpaired) electrons. The van der Waals surface area contributed by atoms with Crippen LogP contribution < -0.4 is 21.7 Å². The van der Waals surface area contributed by atoms with Crippen LogP contribution in [0.4, 0.5) is 4.39 Å². The van der Waals surface area contributed by atoms with Crippen LogP contribution in [-0.2, 0) is 38.4 Å². The summed E-state index contributed by atoms with van der Waals surface area (Å²) in [5.41, 5.74) is 6.93. The number of H-pyrrole nitrogens is 1. The van der Waals surface area contributed by atoms with Gasteiger partial charge in [-0.1, -0.05) is 81.9 Å². The predicted octanol–water partition coefficient (Wildman–Crippen LogP) is 5.14. The van der Waals surface area contributed by atoms with Crippen molar-refractivity contribution in [2.45, 2.75) is 90.3 Å². The van der Waals surface area contributed by atoms with Gasteiger partial charge in [-0.25, -0.2) is 4.39 Å². The van der Waals surface area contributed by atoms with Crippen molar-refractivity contribution >= 4 is 57.7 Å². The molecule has 0 aliphatic heterocycles. The Morgan fingerprint density at radius 1 is 1.02 bits per heavy atom. The van der Waals surface area contributed by atoms with E-state index in [0.29, 0.717) is 40.4 Å². The number of carbonyl (C=O) groups excluding carboxylic acids is 4. The van der Waals surface area contributed by atoms with Gasteiger partial charge >= 0.3 is 0 Å². The van der Waals surface area contributed by atoms with Crippen molar-refractivity contribution < 1.29 is 23.6 Å². The highest BCUT2D eigenvalue weighted by molar-refractivity contribution is 6.38. The molecule has 3 aromatic rings. The first-order valence-corrected chi connectivity index (χ1v) is 16.5. The second kappa shape index (κ2) is 14.9. The van der Waals surface area contributed by atoms with Crippen LogP contribution in [0.3, 0.4) is 0 Å². The lowest BCUT2D eigenvalue weighted by molar-refractivity contribution is -0.138. The number of aromatic amines is 1. The largest absolute Gasteiger partial charge is 0.368 e. The Bertz CT molecular complexity index is 1630. The van der Waals surface area contributed by atoms with Gasteiger partial charge in [0.15, 0.2) is 0 Å². The second-order valence-corrected chi connectivity index (χ2v) is 13.2. The normalized spacial score (nSPS) is 18.6. The molecule has 6 N–H and O–H groups in total. The Balaban J connectivity index is 1.66. The van der Waals surface area contributed by atoms with E-state index in [1.807, 2.05) is 27.7 Å². The smallest absolute Gasteiger partial charge is 0.246 e. The van der Waals surface area contributed by atoms with Gasteiger partial charge in [-0.2, -0.15) is 0 Å². The zero-order chi connectivity index (χ0) is 33.8. The summed E-state index contributed by atoms with van der Waals surface area (Å²) in [6, 6.07) is 7.69. The fourth-order valence-electron chi connectivity index (χ4n) is 6.05. The van der Waals surface area contributed by atoms with E-state index in [-0.39, 0.29) is 37.5 Å². The first kappa shape index (κ1) is 35.2. The van der Waals surface area contributed by atoms with Crippen molar-refractivity contribution in [2.24, 2.45) is 17.6 Å². The number of nitrogens with one attached hydrogen (secondary N) is 4. The van der Waals surface area contributed by atoms with E-state index in [1.54, 1.807) is 30.3 Å². The number of halogens is 3. The average Bonchev–Trinajstić information content (AvgIpc) is 3.38. The molecule has 2 aromatic carbocycles. The van der Waals surface area contributed by atoms with E-state index in [0.717, 1.165) is 16.6 Å². The van der Waals surface area contributed by atoms with Crippen molar-refractivity contribution in [1.29, 1.82) is 0 Å². The first-order valence-electron chi connectivity index (χ1n) is 15.7. The van der Waals surface area contributed by atoms with Gasteiger partial charge in [0.1, 0.15) is 23.4 Å². The van der Waals surface area contributed by atoms with Crippen molar-refractivity contribution in [2.75, 3.05) is 0 Å². The van der Waals surface area contributed by atoms with Crippen LogP contribution in [-0.4, -0.2) is 46.2 Å². The Labute approximate surface area is 278 Å². The zero-order valence-corrected chi connectivity index (χ0v) is 28.1. The molecule has 46 heavy (non-hydrogen) atoms. The quantitative estimate of drug-likeness (QED) is 0.171. The van der Waals surface area contributed by atoms with Gasteiger partial charge < -0.3 is 26.7 Å². The van der Waals surface area contributed by atoms with Crippen LogP contribution in [0.1, 0.15) is 70.2 Å². The van der Waals surface area contributed by atoms with Gasteiger partial charge in [0, 0.05) is 28.9 Å². The van der Waals surface area contributed by atoms with Crippen LogP contribution in [0.15, 0.2) is 36.4 Å². The first-order chi connectivity index (χ1) is 21.8. The average molecular weight is 675 g/mol. The Morgan fingerprint density at radius 3 is 2.35 bits per heavy atom. The van der Waals surface area contributed by atoms with Crippen LogP contribution in [0, 0.1) is 17.7 Å². The molecule has 248 valence electrons. The zero-order valence-electron chi connectivity index (χ0n) is 26.6. The molecule has 1 aromatic heterocycles. The Morgan fingerprint density at radius 2 is 1.70 bits per heavy atom. The maximum absolute atomic E-state index is 14.2. The number of fused-ring (bicyclic) bond motifs is 3. The molecule has 0 spiro atoms. The molecule has 0 saturated carbocycles. The molecule has 5 atom stereocenters. The lowest BCUT2D eigenvalue weighted by Gasteiger charge is -2.39. The molecule has 12 heteroatoms. The van der Waals surface area contributed by atoms with Gasteiger partial charge in [0.25, 0.3) is 0 Å². The van der Waals surface area contributed by atoms with Crippen molar-refractivity contribution in [3.8, 4) is 0 Å². The summed E-state index contributed by atoms with van der Waals surface area (Å²) in [6.07, 6.45) is 1.96. The Hall–Kier alpha value is -3.63. The molecular weight excluding hydrogens is 632 g/mol. The maximum Gasteiger partial charge on any atom is 0.246 e. The number of benzene rings is 2. The van der Waals surface area contributed by atoms with Gasteiger partial charge in [-0.3, -0.25) is 19.2 Å². The van der Waals surface area contributed by atoms with E-state index in [9.17, 15) is 23.6 Å². The summed E-state index contributed by atoms with van der Waals surface area (Å²) in [7, 11) is 0. The molecule has 0 saturated heterocycles. The van der Waals surface area contributed by atoms with Gasteiger partial charge in [0.05, 0.1) is 10.5 Å². The summed E-state index contributed by atoms with van der Waals surface area (Å²) in [5.74, 6) is -3.12. The van der Waals surface area contributed by atoms with Crippen molar-refractivity contribution in [1.82, 2.24) is 20.9 Å². The molecular formula is C34H42Cl2FN5O4. The number of nitrogens with two attached hydrogens (primary N) is 1. The number of primary amides is 1. The minimum Gasteiger partial charge on any atom is -0.368 e. The predicted molar refractivity (Wildman–Crippen MR) is 178 cm³/mol. The summed E-state index contributed by atoms with van der Waals surface area (Å²) in [4.78, 5) is 57.2. The Kier molecular flexibility index (Phi) is 11.4. The third kappa shape index (κ3) is 7.66. The minimum absolute atomic E-state index is 0.0256. The van der Waals surface area contributed by atoms with Crippen molar-refractivity contribution in [3.05, 3.63) is 69.1 Å². The summed E-state index contributed by atoms with van der Waals surface area (Å²) in [5, 5.41) is 10.2. The molecule has 2 unspecified atom stereocenters. The van der Waals surface area contributed by atoms with E-state index < -0.39 is 47.1 Å². The molecule has 4 rings (SSSR count). The molecule has 1 aliphatic carbocycles. The van der Waals surface area contributed by atoms with E-state index in [4.69, 9.17) is 28.9 Å². The molecule has 1 heterocycles. The molecule has 9 nitrogen and oxygen atoms in total. The lowest BCUT2D eigenvalue weighted by atomic mass is 9.78. The fraction of sp³-hybridized carbons (Fsp3) is 0.471. The number of aromatic nitrogens is 1. The number of aryl methyl sites for hydroxylation is 2. The number of rotatable bonds is 13. The van der Waals surface area contributed by atoms with Gasteiger partial charge in [0.2, 0.25) is 23.6 Å². The van der Waals surface area contributed by atoms with E-state index in [1.165, 1.54) is 6.07 Å². The molecule has 0 bridgehead atoms. The molecule has 0 fully saturated rings. The molecule has 4 amide bonds. The molecule has 1 aliphatic rings. The summed E-state index contributed by atoms with van der Waals surface area (Å²) in [6.45, 7) is 7.44. The van der Waals surface area contributed by atoms with Crippen LogP contribution in [0.5, 0.6) is 0 Å². The monoisotopic (exact) mass is 673 g/mol. The number of hydrogen-bond acceptors (Lipinski definition) is 4. The van der Waals surface area contributed by atoms with E-state index >= 15 is 0 Å². The number of carbonyl (C=O) groups is 4. The van der Waals surface area contributed by atoms with Crippen LogP contribution >= 0.6 is 23.2 Å². The standard InChI is InChI=1S/C34H42Cl2FN5O4/c1-5-18(3)28(31(38)44)41-33(46)34(14-13-26-23(17-34)22-15-21(35)16-24(36)30(22)39-26)42-32(45)29(19(4)6-2)40-27(43)12-11-20-9-7-8-10-25(20)37/h7-10,15-16,18-19,28-29,39H,5-6,11-14,17H2,1-4H3,(H2,38,44)(H,40,43)(H,41,46)(H,42,45)/t18-,19?,28?,29-,34+/m0/s1. The van der Waals surface area contributed by atoms with Gasteiger partial charge in [-0.05, 0) is 60.4 Å². The van der Waals surface area contributed by atoms with Crippen LogP contribution in [0.2, 0.25) is 10.0 Å². The lowest BCUT2D eigenvalue weighted by Crippen LogP contribution is -2.67. The van der Waals surface area contributed by atoms with E-state index in [2.05, 4.69) is 20.9 Å². The SMILES string of the molecule is CCC(C)[C@H](NC(=O)CCc1ccccc1F)C(=O)N[C@]1(C(=O)NC(C(N)=O)[C@@H](C)CC)CCc2[nH]c3c(Cl)cc(Cl)cc3c2C1. The fourth-order valence-corrected chi connectivity index (χ4v) is 6.59. The minimum atomic E-state index is -1.49. The maximum atomic E-state index is 14.2. The summed E-state index contributed by atoms with van der Waals surface area (Å²) >= 11 is 12.8. The highest BCUT2D eigenvalue weighted by Gasteiger charge is 2.46. The highest BCUT2D eigenvalue weighted by atomic mass is 35.5. The number of hydrogen-bond donors (Lipinski definition) is 5. The summed E-state index contributed by atoms with van der Waals surface area (Å²) < 4.78 is 14.1. The highest BCUT2D eigenvalue weighted by Crippen LogP contribution is 2.38. The third-order valence-corrected chi connectivity index (χ3v) is 9.81. The number of amides is 4. The third-order valence-electron chi connectivity index (χ3n) is 9.30. The van der Waals surface area contributed by atoms with Gasteiger partial charge in [-0.15, -0.1) is 0 Å². The van der Waals surface area contributed by atoms with Crippen LogP contribution in [0.25, 0.3) is 10.9 Å². The topological polar surface area (TPSA) is 146 Å². The van der Waals surface area contributed by atoms with Crippen molar-refractivity contribution in [3.63, 3.8) is 0 Å². The second-order valence-electron chi connectivity index (χ2n) is 12.4.